The van der Waals surface area contributed by atoms with Crippen molar-refractivity contribution >= 4 is 11.6 Å². The van der Waals surface area contributed by atoms with Gasteiger partial charge in [-0.1, -0.05) is 12.1 Å². The number of nitrogens with one attached hydrogen (secondary N) is 1. The Morgan fingerprint density at radius 2 is 2.17 bits per heavy atom. The van der Waals surface area contributed by atoms with Gasteiger partial charge in [-0.25, -0.2) is 0 Å². The predicted molar refractivity (Wildman–Crippen MR) is 91.5 cm³/mol. The zero-order valence-electron chi connectivity index (χ0n) is 13.8. The number of ether oxygens (including phenoxy) is 1. The predicted octanol–water partition coefficient (Wildman–Crippen LogP) is 3.11. The van der Waals surface area contributed by atoms with Gasteiger partial charge < -0.3 is 10.1 Å². The fraction of sp³-hybridized carbons (Fsp3) is 0.333. The molecule has 1 atom stereocenters. The highest BCUT2D eigenvalue weighted by Crippen LogP contribution is 2.22. The molecule has 0 bridgehead atoms. The van der Waals surface area contributed by atoms with Gasteiger partial charge in [-0.15, -0.1) is 0 Å². The number of rotatable bonds is 7. The molecule has 0 aliphatic rings. The van der Waals surface area contributed by atoms with Gasteiger partial charge in [0.1, 0.15) is 5.75 Å². The molecule has 0 fully saturated rings. The van der Waals surface area contributed by atoms with E-state index in [-0.39, 0.29) is 11.9 Å². The maximum absolute atomic E-state index is 12.0. The molecule has 0 unspecified atom stereocenters. The van der Waals surface area contributed by atoms with E-state index in [0.29, 0.717) is 13.0 Å². The summed E-state index contributed by atoms with van der Waals surface area (Å²) in [5.74, 6) is 0.833. The summed E-state index contributed by atoms with van der Waals surface area (Å²) in [5.41, 5.74) is 1.89. The van der Waals surface area contributed by atoms with E-state index in [1.807, 2.05) is 31.3 Å². The molecule has 2 rings (SSSR count). The third kappa shape index (κ3) is 5.07. The second-order valence-corrected chi connectivity index (χ2v) is 5.47. The van der Waals surface area contributed by atoms with Crippen molar-refractivity contribution in [2.75, 3.05) is 26.0 Å². The summed E-state index contributed by atoms with van der Waals surface area (Å²) in [6.45, 7) is 2.79. The SMILES string of the molecule is COc1cccc([C@@H](C)N(C)CCC(=O)Nc2cccnc2)c1. The van der Waals surface area contributed by atoms with Gasteiger partial charge in [-0.05, 0) is 43.8 Å². The molecular formula is C18H23N3O2. The van der Waals surface area contributed by atoms with E-state index in [4.69, 9.17) is 4.74 Å². The first kappa shape index (κ1) is 17.0. The lowest BCUT2D eigenvalue weighted by Crippen LogP contribution is -2.27. The number of carbonyl (C=O) groups excluding carboxylic acids is 1. The van der Waals surface area contributed by atoms with Crippen molar-refractivity contribution in [3.05, 3.63) is 54.4 Å². The van der Waals surface area contributed by atoms with Crippen molar-refractivity contribution < 1.29 is 9.53 Å². The van der Waals surface area contributed by atoms with E-state index in [1.54, 1.807) is 25.6 Å². The number of hydrogen-bond donors (Lipinski definition) is 1. The van der Waals surface area contributed by atoms with Crippen molar-refractivity contribution in [3.8, 4) is 5.75 Å². The van der Waals surface area contributed by atoms with E-state index in [2.05, 4.69) is 28.2 Å². The first-order valence-electron chi connectivity index (χ1n) is 7.64. The molecule has 1 aromatic heterocycles. The van der Waals surface area contributed by atoms with Crippen LogP contribution in [0.3, 0.4) is 0 Å². The Balaban J connectivity index is 1.85. The Morgan fingerprint density at radius 1 is 1.35 bits per heavy atom. The van der Waals surface area contributed by atoms with Crippen molar-refractivity contribution in [2.45, 2.75) is 19.4 Å². The number of anilines is 1. The molecule has 0 saturated heterocycles. The van der Waals surface area contributed by atoms with Crippen molar-refractivity contribution in [1.29, 1.82) is 0 Å². The lowest BCUT2D eigenvalue weighted by Gasteiger charge is -2.25. The summed E-state index contributed by atoms with van der Waals surface area (Å²) >= 11 is 0. The lowest BCUT2D eigenvalue weighted by atomic mass is 10.1. The number of nitrogens with zero attached hydrogens (tertiary/aromatic N) is 2. The zero-order chi connectivity index (χ0) is 16.7. The Morgan fingerprint density at radius 3 is 2.87 bits per heavy atom. The molecule has 5 heteroatoms. The number of benzene rings is 1. The number of carbonyl (C=O) groups is 1. The standard InChI is InChI=1S/C18H23N3O2/c1-14(15-6-4-8-17(12-15)23-3)21(2)11-9-18(22)20-16-7-5-10-19-13-16/h4-8,10,12-14H,9,11H2,1-3H3,(H,20,22)/t14-/m1/s1. The minimum absolute atomic E-state index is 0.0114. The van der Waals surface area contributed by atoms with Gasteiger partial charge in [0.2, 0.25) is 5.91 Å². The van der Waals surface area contributed by atoms with Gasteiger partial charge in [-0.3, -0.25) is 14.7 Å². The highest BCUT2D eigenvalue weighted by molar-refractivity contribution is 5.90. The summed E-state index contributed by atoms with van der Waals surface area (Å²) in [4.78, 5) is 18.1. The number of pyridine rings is 1. The van der Waals surface area contributed by atoms with E-state index in [1.165, 1.54) is 5.56 Å². The van der Waals surface area contributed by atoms with Crippen molar-refractivity contribution in [3.63, 3.8) is 0 Å². The third-order valence-corrected chi connectivity index (χ3v) is 3.87. The van der Waals surface area contributed by atoms with Crippen LogP contribution in [0.2, 0.25) is 0 Å². The fourth-order valence-electron chi connectivity index (χ4n) is 2.29. The quantitative estimate of drug-likeness (QED) is 0.853. The average molecular weight is 313 g/mol. The van der Waals surface area contributed by atoms with Crippen LogP contribution in [0.5, 0.6) is 5.75 Å². The van der Waals surface area contributed by atoms with Gasteiger partial charge in [0.15, 0.2) is 0 Å². The van der Waals surface area contributed by atoms with Crippen LogP contribution in [0.1, 0.15) is 24.9 Å². The van der Waals surface area contributed by atoms with Crippen LogP contribution in [-0.4, -0.2) is 36.5 Å². The van der Waals surface area contributed by atoms with E-state index >= 15 is 0 Å². The van der Waals surface area contributed by atoms with Crippen LogP contribution < -0.4 is 10.1 Å². The van der Waals surface area contributed by atoms with Crippen LogP contribution >= 0.6 is 0 Å². The molecular weight excluding hydrogens is 290 g/mol. The molecule has 0 aliphatic heterocycles. The van der Waals surface area contributed by atoms with Crippen LogP contribution in [0.25, 0.3) is 0 Å². The summed E-state index contributed by atoms with van der Waals surface area (Å²) in [6, 6.07) is 11.8. The highest BCUT2D eigenvalue weighted by atomic mass is 16.5. The number of amides is 1. The average Bonchev–Trinajstić information content (AvgIpc) is 2.60. The van der Waals surface area contributed by atoms with Crippen molar-refractivity contribution in [1.82, 2.24) is 9.88 Å². The van der Waals surface area contributed by atoms with E-state index in [9.17, 15) is 4.79 Å². The first-order valence-corrected chi connectivity index (χ1v) is 7.64. The monoisotopic (exact) mass is 313 g/mol. The molecule has 122 valence electrons. The minimum atomic E-state index is -0.0114. The summed E-state index contributed by atoms with van der Waals surface area (Å²) in [5, 5.41) is 2.85. The molecule has 0 radical (unpaired) electrons. The van der Waals surface area contributed by atoms with Gasteiger partial charge >= 0.3 is 0 Å². The Bertz CT molecular complexity index is 631. The summed E-state index contributed by atoms with van der Waals surface area (Å²) < 4.78 is 5.26. The van der Waals surface area contributed by atoms with Crippen LogP contribution in [-0.2, 0) is 4.79 Å². The maximum Gasteiger partial charge on any atom is 0.225 e. The zero-order valence-corrected chi connectivity index (χ0v) is 13.8. The molecule has 1 N–H and O–H groups in total. The topological polar surface area (TPSA) is 54.5 Å². The number of hydrogen-bond acceptors (Lipinski definition) is 4. The molecule has 1 aromatic carbocycles. The fourth-order valence-corrected chi connectivity index (χ4v) is 2.29. The lowest BCUT2D eigenvalue weighted by molar-refractivity contribution is -0.116. The van der Waals surface area contributed by atoms with Gasteiger partial charge in [-0.2, -0.15) is 0 Å². The molecule has 0 saturated carbocycles. The molecule has 0 aliphatic carbocycles. The largest absolute Gasteiger partial charge is 0.497 e. The Kier molecular flexibility index (Phi) is 6.11. The minimum Gasteiger partial charge on any atom is -0.497 e. The molecule has 23 heavy (non-hydrogen) atoms. The first-order chi connectivity index (χ1) is 11.1. The van der Waals surface area contributed by atoms with Gasteiger partial charge in [0.05, 0.1) is 19.0 Å². The second kappa shape index (κ2) is 8.29. The maximum atomic E-state index is 12.0. The smallest absolute Gasteiger partial charge is 0.225 e. The van der Waals surface area contributed by atoms with E-state index in [0.717, 1.165) is 11.4 Å². The number of aromatic nitrogens is 1. The van der Waals surface area contributed by atoms with Crippen LogP contribution in [0, 0.1) is 0 Å². The third-order valence-electron chi connectivity index (χ3n) is 3.87. The Hall–Kier alpha value is -2.40. The molecule has 2 aromatic rings. The van der Waals surface area contributed by atoms with Gasteiger partial charge in [0, 0.05) is 25.2 Å². The number of methoxy groups -OCH3 is 1. The molecule has 1 amide bonds. The molecule has 0 spiro atoms. The van der Waals surface area contributed by atoms with Crippen LogP contribution in [0.4, 0.5) is 5.69 Å². The molecule has 5 nitrogen and oxygen atoms in total. The van der Waals surface area contributed by atoms with Gasteiger partial charge in [0.25, 0.3) is 0 Å². The van der Waals surface area contributed by atoms with Crippen LogP contribution in [0.15, 0.2) is 48.8 Å². The molecule has 1 heterocycles. The highest BCUT2D eigenvalue weighted by Gasteiger charge is 2.13. The second-order valence-electron chi connectivity index (χ2n) is 5.47. The normalized spacial score (nSPS) is 12.0. The van der Waals surface area contributed by atoms with Crippen molar-refractivity contribution in [2.24, 2.45) is 0 Å². The summed E-state index contributed by atoms with van der Waals surface area (Å²) in [7, 11) is 3.68. The Labute approximate surface area is 137 Å². The summed E-state index contributed by atoms with van der Waals surface area (Å²) in [6.07, 6.45) is 3.75. The van der Waals surface area contributed by atoms with E-state index < -0.39 is 0 Å².